The number of thioether (sulfide) groups is 1. The molecular formula is C12H14N2O2S. The first-order valence-electron chi connectivity index (χ1n) is 5.14. The van der Waals surface area contributed by atoms with Crippen LogP contribution in [0.25, 0.3) is 0 Å². The SMILES string of the molecule is C#CCSCCNC(=O)c1c[nH]c(C)cc1=O. The third-order valence-electron chi connectivity index (χ3n) is 2.02. The number of rotatable bonds is 5. The van der Waals surface area contributed by atoms with Gasteiger partial charge in [-0.3, -0.25) is 9.59 Å². The molecule has 0 aliphatic carbocycles. The summed E-state index contributed by atoms with van der Waals surface area (Å²) in [4.78, 5) is 26.0. The summed E-state index contributed by atoms with van der Waals surface area (Å²) in [6.45, 7) is 2.26. The van der Waals surface area contributed by atoms with E-state index in [9.17, 15) is 9.59 Å². The summed E-state index contributed by atoms with van der Waals surface area (Å²) >= 11 is 1.56. The number of nitrogens with one attached hydrogen (secondary N) is 2. The number of carbonyl (C=O) groups excluding carboxylic acids is 1. The molecule has 17 heavy (non-hydrogen) atoms. The van der Waals surface area contributed by atoms with Crippen molar-refractivity contribution in [3.05, 3.63) is 33.7 Å². The molecule has 1 amide bonds. The van der Waals surface area contributed by atoms with Crippen molar-refractivity contribution in [3.8, 4) is 12.3 Å². The topological polar surface area (TPSA) is 62.0 Å². The number of aromatic amines is 1. The highest BCUT2D eigenvalue weighted by atomic mass is 32.2. The minimum atomic E-state index is -0.354. The first-order valence-corrected chi connectivity index (χ1v) is 6.29. The van der Waals surface area contributed by atoms with Gasteiger partial charge in [-0.25, -0.2) is 0 Å². The Labute approximate surface area is 104 Å². The Kier molecular flexibility index (Phi) is 5.37. The van der Waals surface area contributed by atoms with Crippen LogP contribution in [0.3, 0.4) is 0 Å². The Morgan fingerprint density at radius 3 is 3.06 bits per heavy atom. The third kappa shape index (κ3) is 4.37. The zero-order chi connectivity index (χ0) is 12.7. The average Bonchev–Trinajstić information content (AvgIpc) is 2.28. The van der Waals surface area contributed by atoms with Crippen molar-refractivity contribution in [2.45, 2.75) is 6.92 Å². The van der Waals surface area contributed by atoms with Crippen LogP contribution in [0, 0.1) is 19.3 Å². The average molecular weight is 250 g/mol. The van der Waals surface area contributed by atoms with E-state index in [4.69, 9.17) is 6.42 Å². The predicted octanol–water partition coefficient (Wildman–Crippen LogP) is 0.780. The van der Waals surface area contributed by atoms with Gasteiger partial charge in [0.25, 0.3) is 5.91 Å². The van der Waals surface area contributed by atoms with Crippen LogP contribution >= 0.6 is 11.8 Å². The highest BCUT2D eigenvalue weighted by Crippen LogP contribution is 1.96. The van der Waals surface area contributed by atoms with Crippen molar-refractivity contribution in [2.24, 2.45) is 0 Å². The minimum absolute atomic E-state index is 0.137. The van der Waals surface area contributed by atoms with Crippen molar-refractivity contribution in [1.82, 2.24) is 10.3 Å². The van der Waals surface area contributed by atoms with Gasteiger partial charge in [0.1, 0.15) is 5.56 Å². The maximum atomic E-state index is 11.6. The summed E-state index contributed by atoms with van der Waals surface area (Å²) in [5.74, 6) is 3.51. The highest BCUT2D eigenvalue weighted by molar-refractivity contribution is 7.99. The molecule has 5 heteroatoms. The molecule has 0 spiro atoms. The fourth-order valence-corrected chi connectivity index (χ4v) is 1.72. The molecule has 2 N–H and O–H groups in total. The number of aromatic nitrogens is 1. The fourth-order valence-electron chi connectivity index (χ4n) is 1.21. The molecule has 1 rings (SSSR count). The molecule has 0 fully saturated rings. The van der Waals surface area contributed by atoms with Gasteiger partial charge in [0.2, 0.25) is 0 Å². The van der Waals surface area contributed by atoms with Gasteiger partial charge in [-0.05, 0) is 6.92 Å². The maximum absolute atomic E-state index is 11.6. The van der Waals surface area contributed by atoms with Crippen molar-refractivity contribution in [2.75, 3.05) is 18.1 Å². The number of H-pyrrole nitrogens is 1. The number of aryl methyl sites for hydroxylation is 1. The van der Waals surface area contributed by atoms with Gasteiger partial charge in [0.15, 0.2) is 5.43 Å². The smallest absolute Gasteiger partial charge is 0.256 e. The van der Waals surface area contributed by atoms with E-state index in [1.807, 2.05) is 0 Å². The molecule has 4 nitrogen and oxygen atoms in total. The van der Waals surface area contributed by atoms with E-state index < -0.39 is 0 Å². The van der Waals surface area contributed by atoms with E-state index in [2.05, 4.69) is 16.2 Å². The van der Waals surface area contributed by atoms with Crippen LogP contribution in [0.5, 0.6) is 0 Å². The third-order valence-corrected chi connectivity index (χ3v) is 2.88. The van der Waals surface area contributed by atoms with Crippen molar-refractivity contribution >= 4 is 17.7 Å². The highest BCUT2D eigenvalue weighted by Gasteiger charge is 2.08. The van der Waals surface area contributed by atoms with E-state index in [0.29, 0.717) is 12.3 Å². The Morgan fingerprint density at radius 1 is 1.65 bits per heavy atom. The number of pyridine rings is 1. The number of amides is 1. The summed E-state index contributed by atoms with van der Waals surface area (Å²) in [5.41, 5.74) is 0.601. The van der Waals surface area contributed by atoms with E-state index in [0.717, 1.165) is 11.4 Å². The lowest BCUT2D eigenvalue weighted by atomic mass is 10.2. The van der Waals surface area contributed by atoms with Gasteiger partial charge in [0, 0.05) is 30.3 Å². The lowest BCUT2D eigenvalue weighted by Gasteiger charge is -2.04. The second kappa shape index (κ2) is 6.81. The molecule has 0 aromatic carbocycles. The second-order valence-corrected chi connectivity index (χ2v) is 4.51. The lowest BCUT2D eigenvalue weighted by molar-refractivity contribution is 0.0955. The van der Waals surface area contributed by atoms with Gasteiger partial charge < -0.3 is 10.3 Å². The van der Waals surface area contributed by atoms with Crippen LogP contribution in [-0.2, 0) is 0 Å². The number of hydrogen-bond donors (Lipinski definition) is 2. The van der Waals surface area contributed by atoms with Crippen LogP contribution in [-0.4, -0.2) is 28.9 Å². The molecule has 1 aromatic rings. The van der Waals surface area contributed by atoms with Crippen LogP contribution in [0.15, 0.2) is 17.1 Å². The van der Waals surface area contributed by atoms with Gasteiger partial charge in [-0.2, -0.15) is 0 Å². The summed E-state index contributed by atoms with van der Waals surface area (Å²) in [5, 5.41) is 2.67. The Hall–Kier alpha value is -1.67. The summed E-state index contributed by atoms with van der Waals surface area (Å²) < 4.78 is 0. The molecule has 0 atom stereocenters. The Balaban J connectivity index is 2.48. The van der Waals surface area contributed by atoms with E-state index in [1.165, 1.54) is 12.3 Å². The van der Waals surface area contributed by atoms with Crippen LogP contribution < -0.4 is 10.7 Å². The Bertz CT molecular complexity index is 488. The predicted molar refractivity (Wildman–Crippen MR) is 70.3 cm³/mol. The molecule has 0 aliphatic heterocycles. The second-order valence-electron chi connectivity index (χ2n) is 3.41. The first kappa shape index (κ1) is 13.4. The van der Waals surface area contributed by atoms with Gasteiger partial charge >= 0.3 is 0 Å². The molecule has 0 bridgehead atoms. The molecular weight excluding hydrogens is 236 g/mol. The van der Waals surface area contributed by atoms with Crippen LogP contribution in [0.1, 0.15) is 16.1 Å². The zero-order valence-electron chi connectivity index (χ0n) is 9.58. The molecule has 1 heterocycles. The van der Waals surface area contributed by atoms with Crippen molar-refractivity contribution < 1.29 is 4.79 Å². The lowest BCUT2D eigenvalue weighted by Crippen LogP contribution is -2.30. The summed E-state index contributed by atoms with van der Waals surface area (Å²) in [6.07, 6.45) is 6.52. The number of terminal acetylenes is 1. The molecule has 1 aromatic heterocycles. The molecule has 90 valence electrons. The zero-order valence-corrected chi connectivity index (χ0v) is 10.4. The molecule has 0 saturated heterocycles. The first-order chi connectivity index (χ1) is 8.15. The molecule has 0 aliphatic rings. The molecule has 0 unspecified atom stereocenters. The van der Waals surface area contributed by atoms with Crippen molar-refractivity contribution in [1.29, 1.82) is 0 Å². The normalized spacial score (nSPS) is 9.65. The number of carbonyl (C=O) groups is 1. The van der Waals surface area contributed by atoms with E-state index in [-0.39, 0.29) is 16.9 Å². The van der Waals surface area contributed by atoms with Gasteiger partial charge in [-0.1, -0.05) is 5.92 Å². The fraction of sp³-hybridized carbons (Fsp3) is 0.333. The largest absolute Gasteiger partial charge is 0.364 e. The van der Waals surface area contributed by atoms with E-state index >= 15 is 0 Å². The quantitative estimate of drug-likeness (QED) is 0.599. The van der Waals surface area contributed by atoms with Crippen molar-refractivity contribution in [3.63, 3.8) is 0 Å². The molecule has 0 radical (unpaired) electrons. The monoisotopic (exact) mass is 250 g/mol. The van der Waals surface area contributed by atoms with Gasteiger partial charge in [-0.15, -0.1) is 18.2 Å². The summed E-state index contributed by atoms with van der Waals surface area (Å²) in [7, 11) is 0. The Morgan fingerprint density at radius 2 is 2.41 bits per heavy atom. The maximum Gasteiger partial charge on any atom is 0.256 e. The number of hydrogen-bond acceptors (Lipinski definition) is 3. The van der Waals surface area contributed by atoms with Crippen LogP contribution in [0.4, 0.5) is 0 Å². The van der Waals surface area contributed by atoms with Crippen LogP contribution in [0.2, 0.25) is 0 Å². The minimum Gasteiger partial charge on any atom is -0.364 e. The molecule has 0 saturated carbocycles. The van der Waals surface area contributed by atoms with E-state index in [1.54, 1.807) is 18.7 Å². The standard InChI is InChI=1S/C12H14N2O2S/c1-3-5-17-6-4-13-12(16)10-8-14-9(2)7-11(10)15/h1,7-8H,4-6H2,2H3,(H,13,16)(H,14,15). The van der Waals surface area contributed by atoms with Gasteiger partial charge in [0.05, 0.1) is 5.75 Å². The summed E-state index contributed by atoms with van der Waals surface area (Å²) in [6, 6.07) is 1.40.